The molecule has 0 saturated carbocycles. The van der Waals surface area contributed by atoms with Gasteiger partial charge < -0.3 is 0 Å². The van der Waals surface area contributed by atoms with Crippen molar-refractivity contribution in [3.05, 3.63) is 21.3 Å². The molecule has 3 nitrogen and oxygen atoms in total. The van der Waals surface area contributed by atoms with Crippen molar-refractivity contribution in [1.29, 1.82) is 0 Å². The normalized spacial score (nSPS) is 12.2. The number of alkyl halides is 1. The molecule has 1 aromatic heterocycles. The fourth-order valence-electron chi connectivity index (χ4n) is 1.29. The van der Waals surface area contributed by atoms with Gasteiger partial charge in [0.15, 0.2) is 0 Å². The van der Waals surface area contributed by atoms with Gasteiger partial charge in [0.1, 0.15) is 0 Å². The minimum atomic E-state index is -3.18. The van der Waals surface area contributed by atoms with Crippen LogP contribution >= 0.6 is 34.5 Å². The maximum absolute atomic E-state index is 11.9. The van der Waals surface area contributed by atoms with Crippen molar-refractivity contribution < 1.29 is 8.42 Å². The molecule has 0 N–H and O–H groups in total. The van der Waals surface area contributed by atoms with E-state index < -0.39 is 10.0 Å². The van der Waals surface area contributed by atoms with Crippen molar-refractivity contribution in [2.45, 2.75) is 19.4 Å². The van der Waals surface area contributed by atoms with Crippen molar-refractivity contribution in [2.75, 3.05) is 18.7 Å². The van der Waals surface area contributed by atoms with Crippen LogP contribution in [0, 0.1) is 0 Å². The van der Waals surface area contributed by atoms with Gasteiger partial charge in [0.2, 0.25) is 10.0 Å². The third-order valence-corrected chi connectivity index (χ3v) is 5.63. The summed E-state index contributed by atoms with van der Waals surface area (Å²) in [7, 11) is -1.60. The maximum Gasteiger partial charge on any atom is 0.214 e. The van der Waals surface area contributed by atoms with E-state index in [0.29, 0.717) is 23.2 Å². The molecule has 0 spiro atoms. The molecule has 0 aliphatic carbocycles. The molecule has 98 valence electrons. The zero-order valence-corrected chi connectivity index (χ0v) is 12.7. The number of unbranched alkanes of at least 4 members (excludes halogenated alkanes) is 1. The number of sulfonamides is 1. The summed E-state index contributed by atoms with van der Waals surface area (Å²) in [6, 6.07) is 3.62. The fourth-order valence-corrected chi connectivity index (χ4v) is 3.92. The van der Waals surface area contributed by atoms with Gasteiger partial charge in [-0.05, 0) is 25.0 Å². The van der Waals surface area contributed by atoms with E-state index >= 15 is 0 Å². The van der Waals surface area contributed by atoms with Gasteiger partial charge in [0.05, 0.1) is 10.1 Å². The van der Waals surface area contributed by atoms with E-state index in [2.05, 4.69) is 0 Å². The summed E-state index contributed by atoms with van der Waals surface area (Å²) in [6.45, 7) is 0.376. The Morgan fingerprint density at radius 3 is 2.59 bits per heavy atom. The second-order valence-corrected chi connectivity index (χ2v) is 8.05. The predicted molar refractivity (Wildman–Crippen MR) is 74.5 cm³/mol. The molecule has 0 unspecified atom stereocenters. The quantitative estimate of drug-likeness (QED) is 0.572. The zero-order valence-electron chi connectivity index (χ0n) is 9.53. The molecule has 0 fully saturated rings. The minimum Gasteiger partial charge on any atom is -0.212 e. The predicted octanol–water partition coefficient (Wildman–Crippen LogP) is 3.18. The lowest BCUT2D eigenvalue weighted by molar-refractivity contribution is 0.468. The molecular weight excluding hydrogens is 301 g/mol. The van der Waals surface area contributed by atoms with Crippen molar-refractivity contribution in [3.8, 4) is 0 Å². The summed E-state index contributed by atoms with van der Waals surface area (Å²) in [5, 5.41) is 0. The molecule has 0 atom stereocenters. The molecule has 0 aliphatic rings. The average molecular weight is 316 g/mol. The first-order valence-corrected chi connectivity index (χ1v) is 8.53. The van der Waals surface area contributed by atoms with E-state index in [0.717, 1.165) is 11.3 Å². The summed E-state index contributed by atoms with van der Waals surface area (Å²) < 4.78 is 25.8. The molecule has 0 bridgehead atoms. The zero-order chi connectivity index (χ0) is 12.9. The smallest absolute Gasteiger partial charge is 0.212 e. The van der Waals surface area contributed by atoms with E-state index in [9.17, 15) is 8.42 Å². The summed E-state index contributed by atoms with van der Waals surface area (Å²) in [5.74, 6) is 0.648. The highest BCUT2D eigenvalue weighted by atomic mass is 35.5. The van der Waals surface area contributed by atoms with Gasteiger partial charge in [-0.3, -0.25) is 0 Å². The highest BCUT2D eigenvalue weighted by Gasteiger charge is 2.18. The van der Waals surface area contributed by atoms with E-state index in [1.165, 1.54) is 15.6 Å². The summed E-state index contributed by atoms with van der Waals surface area (Å²) in [5.41, 5.74) is 0. The number of halogens is 2. The van der Waals surface area contributed by atoms with Crippen molar-refractivity contribution in [2.24, 2.45) is 0 Å². The van der Waals surface area contributed by atoms with E-state index in [4.69, 9.17) is 23.2 Å². The Morgan fingerprint density at radius 2 is 2.06 bits per heavy atom. The van der Waals surface area contributed by atoms with Crippen molar-refractivity contribution in [3.63, 3.8) is 0 Å². The van der Waals surface area contributed by atoms with E-state index in [1.807, 2.05) is 6.07 Å². The summed E-state index contributed by atoms with van der Waals surface area (Å²) >= 11 is 12.7. The first-order valence-electron chi connectivity index (χ1n) is 5.20. The van der Waals surface area contributed by atoms with Gasteiger partial charge in [-0.1, -0.05) is 11.6 Å². The van der Waals surface area contributed by atoms with Crippen LogP contribution in [0.4, 0.5) is 0 Å². The Hall–Kier alpha value is 0.190. The van der Waals surface area contributed by atoms with Crippen LogP contribution in [0.5, 0.6) is 0 Å². The number of thiophene rings is 1. The molecule has 7 heteroatoms. The number of hydrogen-bond acceptors (Lipinski definition) is 3. The largest absolute Gasteiger partial charge is 0.214 e. The van der Waals surface area contributed by atoms with Crippen LogP contribution < -0.4 is 0 Å². The molecule has 0 radical (unpaired) electrons. The Kier molecular flexibility index (Phi) is 6.23. The molecule has 1 heterocycles. The van der Waals surface area contributed by atoms with Gasteiger partial charge in [-0.15, -0.1) is 22.9 Å². The van der Waals surface area contributed by atoms with Crippen LogP contribution in [0.25, 0.3) is 0 Å². The van der Waals surface area contributed by atoms with Gasteiger partial charge in [0, 0.05) is 24.3 Å². The second kappa shape index (κ2) is 6.95. The lowest BCUT2D eigenvalue weighted by Gasteiger charge is -2.15. The molecule has 1 aromatic rings. The molecule has 0 amide bonds. The molecular formula is C10H15Cl2NO2S2. The van der Waals surface area contributed by atoms with Crippen LogP contribution in [-0.2, 0) is 16.6 Å². The van der Waals surface area contributed by atoms with Crippen molar-refractivity contribution in [1.82, 2.24) is 4.31 Å². The second-order valence-electron chi connectivity index (χ2n) is 3.67. The lowest BCUT2D eigenvalue weighted by Crippen LogP contribution is -2.28. The number of hydrogen-bond donors (Lipinski definition) is 0. The highest BCUT2D eigenvalue weighted by molar-refractivity contribution is 7.89. The Morgan fingerprint density at radius 1 is 1.35 bits per heavy atom. The van der Waals surface area contributed by atoms with Crippen LogP contribution in [-0.4, -0.2) is 31.4 Å². The van der Waals surface area contributed by atoms with Gasteiger partial charge >= 0.3 is 0 Å². The molecule has 0 aromatic carbocycles. The van der Waals surface area contributed by atoms with Crippen molar-refractivity contribution >= 4 is 44.6 Å². The average Bonchev–Trinajstić information content (AvgIpc) is 2.64. The SMILES string of the molecule is CN(Cc1ccc(Cl)s1)S(=O)(=O)CCCCCl. The minimum absolute atomic E-state index is 0.148. The first-order chi connectivity index (χ1) is 7.95. The molecule has 0 saturated heterocycles. The monoisotopic (exact) mass is 315 g/mol. The fraction of sp³-hybridized carbons (Fsp3) is 0.600. The third-order valence-electron chi connectivity index (χ3n) is 2.27. The van der Waals surface area contributed by atoms with E-state index in [1.54, 1.807) is 13.1 Å². The van der Waals surface area contributed by atoms with Crippen LogP contribution in [0.15, 0.2) is 12.1 Å². The molecule has 0 aliphatic heterocycles. The Balaban J connectivity index is 2.53. The Bertz CT molecular complexity index is 445. The summed E-state index contributed by atoms with van der Waals surface area (Å²) in [6.07, 6.45) is 1.32. The third kappa shape index (κ3) is 5.14. The van der Waals surface area contributed by atoms with Gasteiger partial charge in [-0.2, -0.15) is 4.31 Å². The van der Waals surface area contributed by atoms with Crippen LogP contribution in [0.2, 0.25) is 4.34 Å². The molecule has 17 heavy (non-hydrogen) atoms. The van der Waals surface area contributed by atoms with Gasteiger partial charge in [0.25, 0.3) is 0 Å². The standard InChI is InChI=1S/C10H15Cl2NO2S2/c1-13(8-9-4-5-10(12)16-9)17(14,15)7-3-2-6-11/h4-5H,2-3,6-8H2,1H3. The topological polar surface area (TPSA) is 37.4 Å². The molecule has 1 rings (SSSR count). The number of rotatable bonds is 7. The first kappa shape index (κ1) is 15.2. The number of nitrogens with zero attached hydrogens (tertiary/aromatic N) is 1. The van der Waals surface area contributed by atoms with Crippen LogP contribution in [0.1, 0.15) is 17.7 Å². The maximum atomic E-state index is 11.9. The van der Waals surface area contributed by atoms with Gasteiger partial charge in [-0.25, -0.2) is 8.42 Å². The Labute approximate surface area is 116 Å². The highest BCUT2D eigenvalue weighted by Crippen LogP contribution is 2.23. The van der Waals surface area contributed by atoms with Crippen LogP contribution in [0.3, 0.4) is 0 Å². The summed E-state index contributed by atoms with van der Waals surface area (Å²) in [4.78, 5) is 0.943. The van der Waals surface area contributed by atoms with E-state index in [-0.39, 0.29) is 5.75 Å². The lowest BCUT2D eigenvalue weighted by atomic mass is 10.4.